The molecule has 0 amide bonds. The summed E-state index contributed by atoms with van der Waals surface area (Å²) < 4.78 is 0.480. The quantitative estimate of drug-likeness (QED) is 0.667. The van der Waals surface area contributed by atoms with E-state index in [1.165, 1.54) is 24.3 Å². The van der Waals surface area contributed by atoms with Gasteiger partial charge in [-0.2, -0.15) is 0 Å². The highest BCUT2D eigenvalue weighted by molar-refractivity contribution is 7.15. The molecule has 0 aliphatic rings. The van der Waals surface area contributed by atoms with E-state index in [9.17, 15) is 9.90 Å². The van der Waals surface area contributed by atoms with Crippen molar-refractivity contribution in [1.29, 1.82) is 0 Å². The van der Waals surface area contributed by atoms with Crippen LogP contribution in [0, 0.1) is 0 Å². The van der Waals surface area contributed by atoms with Gasteiger partial charge in [-0.05, 0) is 25.1 Å². The summed E-state index contributed by atoms with van der Waals surface area (Å²) in [5.41, 5.74) is 1.07. The lowest BCUT2D eigenvalue weighted by Gasteiger charge is -2.08. The maximum Gasteiger partial charge on any atom is 0.183 e. The number of rotatable bonds is 4. The number of benzene rings is 1. The van der Waals surface area contributed by atoms with Crippen LogP contribution in [0.25, 0.3) is 0 Å². The Morgan fingerprint density at radius 1 is 1.56 bits per heavy atom. The van der Waals surface area contributed by atoms with Gasteiger partial charge < -0.3 is 10.4 Å². The molecule has 0 spiro atoms. The van der Waals surface area contributed by atoms with E-state index in [1.54, 1.807) is 18.3 Å². The number of aromatic hydroxyl groups is 1. The molecule has 2 rings (SSSR count). The summed E-state index contributed by atoms with van der Waals surface area (Å²) in [7, 11) is 0. The summed E-state index contributed by atoms with van der Waals surface area (Å²) in [4.78, 5) is 16.1. The fourth-order valence-corrected chi connectivity index (χ4v) is 2.36. The van der Waals surface area contributed by atoms with Gasteiger partial charge in [0.15, 0.2) is 10.3 Å². The molecule has 1 heterocycles. The third-order valence-corrected chi connectivity index (χ3v) is 3.50. The number of phenolic OH excluding ortho intramolecular Hbond substituents is 1. The number of hydrogen-bond donors (Lipinski definition) is 2. The fraction of sp³-hybridized carbons (Fsp3) is 0.167. The second-order valence-electron chi connectivity index (χ2n) is 3.72. The van der Waals surface area contributed by atoms with Crippen LogP contribution >= 0.6 is 22.9 Å². The molecular weight excluding hydrogens is 272 g/mol. The number of halogens is 1. The molecule has 0 saturated carbocycles. The van der Waals surface area contributed by atoms with Crippen LogP contribution in [-0.4, -0.2) is 15.9 Å². The minimum atomic E-state index is -0.0427. The Hall–Kier alpha value is -1.59. The van der Waals surface area contributed by atoms with Crippen LogP contribution < -0.4 is 5.32 Å². The number of nitrogens with one attached hydrogen (secondary N) is 1. The summed E-state index contributed by atoms with van der Waals surface area (Å²) in [6.45, 7) is 1.98. The zero-order valence-electron chi connectivity index (χ0n) is 9.61. The minimum Gasteiger partial charge on any atom is -0.506 e. The van der Waals surface area contributed by atoms with Crippen LogP contribution in [0.15, 0.2) is 24.4 Å². The Balaban J connectivity index is 2.13. The van der Waals surface area contributed by atoms with Crippen LogP contribution in [0.5, 0.6) is 5.75 Å². The number of hydrogen-bond acceptors (Lipinski definition) is 5. The summed E-state index contributed by atoms with van der Waals surface area (Å²) in [6.07, 6.45) is 1.67. The first-order valence-corrected chi connectivity index (χ1v) is 6.44. The van der Waals surface area contributed by atoms with Gasteiger partial charge in [0.05, 0.1) is 12.2 Å². The molecule has 0 saturated heterocycles. The highest BCUT2D eigenvalue weighted by atomic mass is 35.5. The summed E-state index contributed by atoms with van der Waals surface area (Å²) >= 11 is 7.09. The second-order valence-corrected chi connectivity index (χ2v) is 5.42. The predicted molar refractivity (Wildman–Crippen MR) is 72.6 cm³/mol. The summed E-state index contributed by atoms with van der Waals surface area (Å²) in [5.74, 6) is 0.0643. The van der Waals surface area contributed by atoms with Crippen molar-refractivity contribution in [3.8, 4) is 5.75 Å². The number of carbonyl (C=O) groups is 1. The first-order chi connectivity index (χ1) is 8.56. The molecule has 1 aromatic carbocycles. The molecular formula is C12H11ClN2O2S. The molecule has 6 heteroatoms. The van der Waals surface area contributed by atoms with E-state index in [0.717, 1.165) is 4.88 Å². The van der Waals surface area contributed by atoms with Gasteiger partial charge in [0, 0.05) is 16.6 Å². The summed E-state index contributed by atoms with van der Waals surface area (Å²) in [5, 5.41) is 12.7. The molecule has 18 heavy (non-hydrogen) atoms. The fourth-order valence-electron chi connectivity index (χ4n) is 1.44. The van der Waals surface area contributed by atoms with Gasteiger partial charge in [0.1, 0.15) is 5.75 Å². The Bertz CT molecular complexity index is 583. The molecule has 0 atom stereocenters. The van der Waals surface area contributed by atoms with E-state index in [1.807, 2.05) is 0 Å². The van der Waals surface area contributed by atoms with Crippen LogP contribution in [0.2, 0.25) is 4.47 Å². The van der Waals surface area contributed by atoms with Crippen molar-refractivity contribution in [3.63, 3.8) is 0 Å². The van der Waals surface area contributed by atoms with Crippen LogP contribution in [0.4, 0.5) is 5.69 Å². The molecule has 0 unspecified atom stereocenters. The topological polar surface area (TPSA) is 62.2 Å². The third kappa shape index (κ3) is 3.00. The van der Waals surface area contributed by atoms with Gasteiger partial charge in [-0.25, -0.2) is 4.98 Å². The van der Waals surface area contributed by atoms with Crippen molar-refractivity contribution in [2.45, 2.75) is 13.5 Å². The van der Waals surface area contributed by atoms with Crippen molar-refractivity contribution >= 4 is 34.4 Å². The lowest BCUT2D eigenvalue weighted by molar-refractivity contribution is 0.101. The van der Waals surface area contributed by atoms with Crippen LogP contribution in [0.3, 0.4) is 0 Å². The highest BCUT2D eigenvalue weighted by Crippen LogP contribution is 2.26. The predicted octanol–water partition coefficient (Wildman–Crippen LogP) is 3.32. The normalized spacial score (nSPS) is 10.3. The van der Waals surface area contributed by atoms with Crippen LogP contribution in [0.1, 0.15) is 22.2 Å². The van der Waals surface area contributed by atoms with E-state index in [4.69, 9.17) is 11.6 Å². The second kappa shape index (κ2) is 5.37. The Morgan fingerprint density at radius 2 is 2.33 bits per heavy atom. The maximum absolute atomic E-state index is 11.3. The third-order valence-electron chi connectivity index (χ3n) is 2.38. The Morgan fingerprint density at radius 3 is 2.94 bits per heavy atom. The summed E-state index contributed by atoms with van der Waals surface area (Å²) in [6, 6.07) is 4.71. The molecule has 0 radical (unpaired) electrons. The van der Waals surface area contributed by atoms with E-state index in [-0.39, 0.29) is 11.5 Å². The highest BCUT2D eigenvalue weighted by Gasteiger charge is 2.06. The number of anilines is 1. The minimum absolute atomic E-state index is 0.0427. The molecule has 2 N–H and O–H groups in total. The maximum atomic E-state index is 11.3. The Labute approximate surface area is 113 Å². The van der Waals surface area contributed by atoms with Crippen LogP contribution in [-0.2, 0) is 6.54 Å². The van der Waals surface area contributed by atoms with E-state index in [0.29, 0.717) is 22.3 Å². The van der Waals surface area contributed by atoms with Gasteiger partial charge in [-0.15, -0.1) is 11.3 Å². The van der Waals surface area contributed by atoms with E-state index < -0.39 is 0 Å². The van der Waals surface area contributed by atoms with E-state index in [2.05, 4.69) is 10.3 Å². The largest absolute Gasteiger partial charge is 0.506 e. The molecule has 94 valence electrons. The first-order valence-electron chi connectivity index (χ1n) is 5.24. The van der Waals surface area contributed by atoms with E-state index >= 15 is 0 Å². The number of nitrogens with zero attached hydrogens (tertiary/aromatic N) is 1. The standard InChI is InChI=1S/C12H11ClN2O2S/c1-7(16)8-2-3-11(17)10(4-8)14-5-9-6-15-12(13)18-9/h2-4,6,14,17H,5H2,1H3. The monoisotopic (exact) mass is 282 g/mol. The molecule has 1 aromatic heterocycles. The molecule has 0 aliphatic carbocycles. The zero-order chi connectivity index (χ0) is 13.1. The number of Topliss-reactive ketones (excluding diaryl/α,β-unsaturated/α-hetero) is 1. The number of thiazole rings is 1. The SMILES string of the molecule is CC(=O)c1ccc(O)c(NCc2cnc(Cl)s2)c1. The van der Waals surface area contributed by atoms with Gasteiger partial charge in [-0.3, -0.25) is 4.79 Å². The molecule has 0 fully saturated rings. The molecule has 0 bridgehead atoms. The van der Waals surface area contributed by atoms with Crippen molar-refractivity contribution in [2.75, 3.05) is 5.32 Å². The number of carbonyl (C=O) groups excluding carboxylic acids is 1. The van der Waals surface area contributed by atoms with Gasteiger partial charge >= 0.3 is 0 Å². The average Bonchev–Trinajstić information content (AvgIpc) is 2.74. The number of aromatic nitrogens is 1. The average molecular weight is 283 g/mol. The van der Waals surface area contributed by atoms with Gasteiger partial charge in [0.25, 0.3) is 0 Å². The molecule has 0 aliphatic heterocycles. The van der Waals surface area contributed by atoms with Crippen molar-refractivity contribution in [1.82, 2.24) is 4.98 Å². The molecule has 4 nitrogen and oxygen atoms in total. The Kier molecular flexibility index (Phi) is 3.84. The van der Waals surface area contributed by atoms with Gasteiger partial charge in [-0.1, -0.05) is 11.6 Å². The van der Waals surface area contributed by atoms with Gasteiger partial charge in [0.2, 0.25) is 0 Å². The molecule has 2 aromatic rings. The smallest absolute Gasteiger partial charge is 0.183 e. The van der Waals surface area contributed by atoms with Crippen molar-refractivity contribution < 1.29 is 9.90 Å². The first kappa shape index (κ1) is 12.9. The zero-order valence-corrected chi connectivity index (χ0v) is 11.2. The lowest BCUT2D eigenvalue weighted by atomic mass is 10.1. The van der Waals surface area contributed by atoms with Crippen molar-refractivity contribution in [2.24, 2.45) is 0 Å². The lowest BCUT2D eigenvalue weighted by Crippen LogP contribution is -2.00. The number of ketones is 1. The number of phenols is 1. The van der Waals surface area contributed by atoms with Crippen molar-refractivity contribution in [3.05, 3.63) is 39.3 Å².